The number of aromatic nitrogens is 2. The van der Waals surface area contributed by atoms with Gasteiger partial charge >= 0.3 is 0 Å². The highest BCUT2D eigenvalue weighted by molar-refractivity contribution is 5.89. The summed E-state index contributed by atoms with van der Waals surface area (Å²) in [6, 6.07) is 73.0. The van der Waals surface area contributed by atoms with Gasteiger partial charge in [-0.25, -0.2) is 9.97 Å². The molecule has 2 heterocycles. The molecule has 0 saturated heterocycles. The molecule has 1 aliphatic carbocycles. The van der Waals surface area contributed by atoms with E-state index in [1.165, 1.54) is 27.8 Å². The van der Waals surface area contributed by atoms with Crippen molar-refractivity contribution in [2.75, 3.05) is 0 Å². The molecular formula is C53H34N2O. The minimum absolute atomic E-state index is 0.501. The average molecular weight is 715 g/mol. The van der Waals surface area contributed by atoms with E-state index in [0.29, 0.717) is 5.82 Å². The Morgan fingerprint density at radius 1 is 0.304 bits per heavy atom. The Bertz CT molecular complexity index is 2830. The smallest absolute Gasteiger partial charge is 0.161 e. The molecular weight excluding hydrogens is 681 g/mol. The van der Waals surface area contributed by atoms with E-state index in [1.54, 1.807) is 0 Å². The molecule has 3 heteroatoms. The molecule has 56 heavy (non-hydrogen) atoms. The van der Waals surface area contributed by atoms with Gasteiger partial charge in [-0.1, -0.05) is 182 Å². The Morgan fingerprint density at radius 2 is 0.768 bits per heavy atom. The van der Waals surface area contributed by atoms with Crippen molar-refractivity contribution in [3.05, 3.63) is 229 Å². The van der Waals surface area contributed by atoms with Gasteiger partial charge in [-0.2, -0.15) is 0 Å². The molecule has 8 aromatic carbocycles. The second-order valence-corrected chi connectivity index (χ2v) is 14.5. The Balaban J connectivity index is 1.02. The first-order chi connectivity index (χ1) is 27.8. The summed E-state index contributed by atoms with van der Waals surface area (Å²) >= 11 is 0. The lowest BCUT2D eigenvalue weighted by Gasteiger charge is -2.39. The van der Waals surface area contributed by atoms with E-state index in [0.717, 1.165) is 67.4 Å². The lowest BCUT2D eigenvalue weighted by molar-refractivity contribution is 0.436. The fourth-order valence-corrected chi connectivity index (χ4v) is 8.89. The van der Waals surface area contributed by atoms with Gasteiger partial charge in [0.1, 0.15) is 11.5 Å². The third-order valence-electron chi connectivity index (χ3n) is 11.4. The summed E-state index contributed by atoms with van der Waals surface area (Å²) in [4.78, 5) is 10.3. The zero-order valence-electron chi connectivity index (χ0n) is 30.4. The summed E-state index contributed by atoms with van der Waals surface area (Å²) in [6.45, 7) is 0. The van der Waals surface area contributed by atoms with Crippen LogP contribution in [0.4, 0.5) is 0 Å². The van der Waals surface area contributed by atoms with E-state index < -0.39 is 5.41 Å². The van der Waals surface area contributed by atoms with Gasteiger partial charge in [-0.05, 0) is 68.8 Å². The molecule has 11 rings (SSSR count). The van der Waals surface area contributed by atoms with Crippen molar-refractivity contribution in [1.29, 1.82) is 0 Å². The van der Waals surface area contributed by atoms with Crippen LogP contribution in [-0.2, 0) is 5.41 Å². The van der Waals surface area contributed by atoms with Crippen molar-refractivity contribution in [2.24, 2.45) is 0 Å². The monoisotopic (exact) mass is 714 g/mol. The number of benzene rings is 8. The second-order valence-electron chi connectivity index (χ2n) is 14.5. The molecule has 9 aromatic rings. The van der Waals surface area contributed by atoms with Crippen molar-refractivity contribution < 1.29 is 4.74 Å². The highest BCUT2D eigenvalue weighted by atomic mass is 16.5. The first kappa shape index (κ1) is 32.1. The molecule has 0 unspecified atom stereocenters. The molecule has 1 spiro atoms. The van der Waals surface area contributed by atoms with Crippen molar-refractivity contribution in [3.8, 4) is 78.8 Å². The second kappa shape index (κ2) is 12.9. The average Bonchev–Trinajstić information content (AvgIpc) is 3.57. The number of ether oxygens (including phenoxy) is 1. The quantitative estimate of drug-likeness (QED) is 0.178. The Labute approximate surface area is 326 Å². The van der Waals surface area contributed by atoms with Crippen LogP contribution in [-0.4, -0.2) is 9.97 Å². The van der Waals surface area contributed by atoms with Gasteiger partial charge < -0.3 is 4.74 Å². The van der Waals surface area contributed by atoms with E-state index >= 15 is 0 Å². The number of rotatable bonds is 5. The molecule has 262 valence electrons. The lowest BCUT2D eigenvalue weighted by Crippen LogP contribution is -2.32. The van der Waals surface area contributed by atoms with Crippen molar-refractivity contribution >= 4 is 0 Å². The van der Waals surface area contributed by atoms with Gasteiger partial charge in [0, 0.05) is 27.8 Å². The maximum atomic E-state index is 6.68. The zero-order chi connectivity index (χ0) is 37.1. The summed E-state index contributed by atoms with van der Waals surface area (Å²) < 4.78 is 6.68. The van der Waals surface area contributed by atoms with Gasteiger partial charge in [0.05, 0.1) is 16.8 Å². The Hall–Kier alpha value is -7.36. The molecule has 1 aromatic heterocycles. The minimum atomic E-state index is -0.501. The molecule has 0 radical (unpaired) electrons. The third-order valence-corrected chi connectivity index (χ3v) is 11.4. The Kier molecular flexibility index (Phi) is 7.39. The predicted octanol–water partition coefficient (Wildman–Crippen LogP) is 13.3. The molecule has 2 aliphatic rings. The predicted molar refractivity (Wildman–Crippen MR) is 227 cm³/mol. The van der Waals surface area contributed by atoms with Crippen LogP contribution in [0, 0.1) is 0 Å². The number of nitrogens with zero attached hydrogens (tertiary/aromatic N) is 2. The zero-order valence-corrected chi connectivity index (χ0v) is 30.4. The third kappa shape index (κ3) is 4.98. The van der Waals surface area contributed by atoms with Crippen LogP contribution in [0.1, 0.15) is 22.3 Å². The van der Waals surface area contributed by atoms with Crippen LogP contribution in [0.5, 0.6) is 11.5 Å². The molecule has 0 atom stereocenters. The first-order valence-electron chi connectivity index (χ1n) is 19.1. The number of hydrogen-bond donors (Lipinski definition) is 0. The molecule has 1 aliphatic heterocycles. The largest absolute Gasteiger partial charge is 0.457 e. The van der Waals surface area contributed by atoms with E-state index in [4.69, 9.17) is 14.7 Å². The van der Waals surface area contributed by atoms with E-state index in [1.807, 2.05) is 12.1 Å². The molecule has 0 saturated carbocycles. The summed E-state index contributed by atoms with van der Waals surface area (Å²) in [5.74, 6) is 2.48. The fourth-order valence-electron chi connectivity index (χ4n) is 8.89. The Morgan fingerprint density at radius 3 is 1.39 bits per heavy atom. The van der Waals surface area contributed by atoms with Crippen LogP contribution in [0.3, 0.4) is 0 Å². The van der Waals surface area contributed by atoms with Crippen molar-refractivity contribution in [2.45, 2.75) is 5.41 Å². The van der Waals surface area contributed by atoms with E-state index in [2.05, 4.69) is 194 Å². The molecule has 0 amide bonds. The maximum Gasteiger partial charge on any atom is 0.161 e. The minimum Gasteiger partial charge on any atom is -0.457 e. The molecule has 0 bridgehead atoms. The standard InChI is InChI=1S/C53H34N2O/c1-3-15-37(16-4-1)48-34-49(38-17-5-2-6-18-38)55-52(54-48)43-22-8-7-19-40(43)36-29-27-35(28-30-36)39-31-32-51-47(33-39)53(46-25-13-14-26-50(46)56-51)44-23-11-9-20-41(44)42-21-10-12-24-45(42)53/h1-34H. The summed E-state index contributed by atoms with van der Waals surface area (Å²) in [5, 5.41) is 0. The number of para-hydroxylation sites is 1. The van der Waals surface area contributed by atoms with Crippen molar-refractivity contribution in [3.63, 3.8) is 0 Å². The molecule has 0 fully saturated rings. The fraction of sp³-hybridized carbons (Fsp3) is 0.0189. The van der Waals surface area contributed by atoms with E-state index in [-0.39, 0.29) is 0 Å². The van der Waals surface area contributed by atoms with Gasteiger partial charge in [0.15, 0.2) is 5.82 Å². The van der Waals surface area contributed by atoms with Crippen LogP contribution in [0.25, 0.3) is 67.3 Å². The molecule has 0 N–H and O–H groups in total. The summed E-state index contributed by atoms with van der Waals surface area (Å²) in [7, 11) is 0. The highest BCUT2D eigenvalue weighted by Gasteiger charge is 2.51. The van der Waals surface area contributed by atoms with Gasteiger partial charge in [0.2, 0.25) is 0 Å². The molecule has 3 nitrogen and oxygen atoms in total. The van der Waals surface area contributed by atoms with Crippen molar-refractivity contribution in [1.82, 2.24) is 9.97 Å². The van der Waals surface area contributed by atoms with Gasteiger partial charge in [-0.3, -0.25) is 0 Å². The van der Waals surface area contributed by atoms with Crippen LogP contribution in [0.15, 0.2) is 206 Å². The van der Waals surface area contributed by atoms with Crippen LogP contribution < -0.4 is 4.74 Å². The summed E-state index contributed by atoms with van der Waals surface area (Å²) in [6.07, 6.45) is 0. The normalized spacial score (nSPS) is 12.9. The van der Waals surface area contributed by atoms with E-state index in [9.17, 15) is 0 Å². The highest BCUT2D eigenvalue weighted by Crippen LogP contribution is 2.62. The number of fused-ring (bicyclic) bond motifs is 9. The van der Waals surface area contributed by atoms with Gasteiger partial charge in [0.25, 0.3) is 0 Å². The topological polar surface area (TPSA) is 35.0 Å². The number of hydrogen-bond acceptors (Lipinski definition) is 3. The van der Waals surface area contributed by atoms with Gasteiger partial charge in [-0.15, -0.1) is 0 Å². The van der Waals surface area contributed by atoms with Crippen LogP contribution in [0.2, 0.25) is 0 Å². The maximum absolute atomic E-state index is 6.68. The summed E-state index contributed by atoms with van der Waals surface area (Å²) in [5.41, 5.74) is 16.3. The first-order valence-corrected chi connectivity index (χ1v) is 19.1. The SMILES string of the molecule is c1ccc(-c2cc(-c3ccccc3)nc(-c3ccccc3-c3ccc(-c4ccc5c(c4)C4(c6ccccc6O5)c5ccccc5-c5ccccc54)cc3)n2)cc1. The lowest BCUT2D eigenvalue weighted by atomic mass is 9.66. The van der Waals surface area contributed by atoms with Crippen LogP contribution >= 0.6 is 0 Å².